The molecule has 1 aromatic carbocycles. The van der Waals surface area contributed by atoms with E-state index in [9.17, 15) is 0 Å². The summed E-state index contributed by atoms with van der Waals surface area (Å²) in [5.41, 5.74) is 1.25. The molecule has 0 radical (unpaired) electrons. The Morgan fingerprint density at radius 3 is 2.81 bits per heavy atom. The summed E-state index contributed by atoms with van der Waals surface area (Å²) in [6, 6.07) is 8.25. The number of nitrogens with zero attached hydrogens (tertiary/aromatic N) is 2. The summed E-state index contributed by atoms with van der Waals surface area (Å²) in [5.74, 6) is 2.96. The highest BCUT2D eigenvalue weighted by atomic mass is 127. The number of aliphatic imine (C=N–C) groups is 1. The van der Waals surface area contributed by atoms with Crippen molar-refractivity contribution in [3.8, 4) is 5.75 Å². The average molecular weight is 475 g/mol. The fourth-order valence-electron chi connectivity index (χ4n) is 3.07. The van der Waals surface area contributed by atoms with Crippen LogP contribution in [0.1, 0.15) is 38.7 Å². The molecule has 1 fully saturated rings. The number of nitrogens with one attached hydrogen (secondary N) is 1. The van der Waals surface area contributed by atoms with Crippen LogP contribution in [0.15, 0.2) is 29.3 Å². The number of guanidine groups is 1. The molecule has 1 unspecified atom stereocenters. The zero-order valence-electron chi connectivity index (χ0n) is 16.5. The van der Waals surface area contributed by atoms with Gasteiger partial charge in [-0.3, -0.25) is 0 Å². The minimum absolute atomic E-state index is 0. The number of rotatable bonds is 8. The van der Waals surface area contributed by atoms with E-state index in [1.807, 2.05) is 12.1 Å². The van der Waals surface area contributed by atoms with Gasteiger partial charge in [0.15, 0.2) is 5.96 Å². The highest BCUT2D eigenvalue weighted by Gasteiger charge is 2.19. The van der Waals surface area contributed by atoms with E-state index < -0.39 is 0 Å². The van der Waals surface area contributed by atoms with Gasteiger partial charge < -0.3 is 19.7 Å². The van der Waals surface area contributed by atoms with Crippen molar-refractivity contribution in [1.29, 1.82) is 0 Å². The fraction of sp³-hybridized carbons (Fsp3) is 0.650. The van der Waals surface area contributed by atoms with Gasteiger partial charge in [-0.1, -0.05) is 32.0 Å². The zero-order chi connectivity index (χ0) is 18.1. The molecule has 6 heteroatoms. The van der Waals surface area contributed by atoms with Gasteiger partial charge in [-0.15, -0.1) is 24.0 Å². The average Bonchev–Trinajstić information content (AvgIpc) is 3.10. The van der Waals surface area contributed by atoms with Crippen molar-refractivity contribution in [2.24, 2.45) is 10.9 Å². The van der Waals surface area contributed by atoms with Crippen molar-refractivity contribution in [2.75, 3.05) is 46.5 Å². The van der Waals surface area contributed by atoms with E-state index in [0.717, 1.165) is 44.4 Å². The summed E-state index contributed by atoms with van der Waals surface area (Å²) in [7, 11) is 2.09. The van der Waals surface area contributed by atoms with Crippen LogP contribution >= 0.6 is 24.0 Å². The van der Waals surface area contributed by atoms with Gasteiger partial charge >= 0.3 is 0 Å². The Morgan fingerprint density at radius 2 is 2.15 bits per heavy atom. The molecule has 2 rings (SSSR count). The van der Waals surface area contributed by atoms with E-state index in [0.29, 0.717) is 25.0 Å². The third-order valence-electron chi connectivity index (χ3n) is 4.40. The Labute approximate surface area is 175 Å². The lowest BCUT2D eigenvalue weighted by Gasteiger charge is -2.24. The summed E-state index contributed by atoms with van der Waals surface area (Å²) in [4.78, 5) is 6.91. The van der Waals surface area contributed by atoms with Gasteiger partial charge in [0.05, 0.1) is 13.2 Å². The van der Waals surface area contributed by atoms with Crippen molar-refractivity contribution in [1.82, 2.24) is 10.2 Å². The number of hydrogen-bond acceptors (Lipinski definition) is 3. The van der Waals surface area contributed by atoms with Crippen LogP contribution in [0.2, 0.25) is 0 Å². The van der Waals surface area contributed by atoms with Gasteiger partial charge in [-0.05, 0) is 30.9 Å². The van der Waals surface area contributed by atoms with E-state index in [1.54, 1.807) is 0 Å². The smallest absolute Gasteiger partial charge is 0.193 e. The van der Waals surface area contributed by atoms with Crippen LogP contribution in [0.4, 0.5) is 0 Å². The van der Waals surface area contributed by atoms with Crippen molar-refractivity contribution in [2.45, 2.75) is 33.1 Å². The molecule has 1 aliphatic heterocycles. The van der Waals surface area contributed by atoms with Crippen molar-refractivity contribution in [3.63, 3.8) is 0 Å². The van der Waals surface area contributed by atoms with E-state index in [4.69, 9.17) is 14.5 Å². The van der Waals surface area contributed by atoms with Crippen LogP contribution in [0.3, 0.4) is 0 Å². The number of benzene rings is 1. The topological polar surface area (TPSA) is 46.1 Å². The molecule has 0 saturated carbocycles. The van der Waals surface area contributed by atoms with E-state index in [1.165, 1.54) is 5.56 Å². The predicted octanol–water partition coefficient (Wildman–Crippen LogP) is 3.74. The molecule has 0 aromatic heterocycles. The number of halogens is 1. The Hall–Kier alpha value is -1.02. The quantitative estimate of drug-likeness (QED) is 0.269. The van der Waals surface area contributed by atoms with Crippen LogP contribution in [0.5, 0.6) is 5.75 Å². The van der Waals surface area contributed by atoms with Gasteiger partial charge in [0.2, 0.25) is 0 Å². The molecule has 0 spiro atoms. The van der Waals surface area contributed by atoms with Gasteiger partial charge in [0.1, 0.15) is 12.4 Å². The molecule has 148 valence electrons. The Bertz CT molecular complexity index is 546. The van der Waals surface area contributed by atoms with E-state index >= 15 is 0 Å². The molecule has 26 heavy (non-hydrogen) atoms. The second-order valence-corrected chi connectivity index (χ2v) is 6.89. The lowest BCUT2D eigenvalue weighted by atomic mass is 10.0. The lowest BCUT2D eigenvalue weighted by Crippen LogP contribution is -2.41. The summed E-state index contributed by atoms with van der Waals surface area (Å²) in [6.07, 6.45) is 1.14. The summed E-state index contributed by atoms with van der Waals surface area (Å²) in [5, 5.41) is 3.36. The highest BCUT2D eigenvalue weighted by Crippen LogP contribution is 2.25. The highest BCUT2D eigenvalue weighted by molar-refractivity contribution is 14.0. The molecule has 1 atom stereocenters. The molecule has 1 N–H and O–H groups in total. The van der Waals surface area contributed by atoms with Gasteiger partial charge in [0.25, 0.3) is 0 Å². The molecule has 1 saturated heterocycles. The minimum Gasteiger partial charge on any atom is -0.491 e. The predicted molar refractivity (Wildman–Crippen MR) is 119 cm³/mol. The largest absolute Gasteiger partial charge is 0.491 e. The third kappa shape index (κ3) is 7.31. The minimum atomic E-state index is 0. The zero-order valence-corrected chi connectivity index (χ0v) is 18.9. The summed E-state index contributed by atoms with van der Waals surface area (Å²) in [6.45, 7) is 11.3. The van der Waals surface area contributed by atoms with Crippen LogP contribution in [-0.2, 0) is 4.74 Å². The van der Waals surface area contributed by atoms with Gasteiger partial charge in [-0.25, -0.2) is 4.99 Å². The first kappa shape index (κ1) is 23.0. The first-order valence-corrected chi connectivity index (χ1v) is 9.40. The molecule has 1 heterocycles. The molecule has 5 nitrogen and oxygen atoms in total. The maximum absolute atomic E-state index is 5.97. The number of ether oxygens (including phenoxy) is 2. The molecular weight excluding hydrogens is 441 g/mol. The first-order valence-electron chi connectivity index (χ1n) is 9.40. The molecule has 0 aliphatic carbocycles. The molecule has 0 bridgehead atoms. The first-order chi connectivity index (χ1) is 12.1. The van der Waals surface area contributed by atoms with Crippen LogP contribution in [-0.4, -0.2) is 57.4 Å². The van der Waals surface area contributed by atoms with Gasteiger partial charge in [0, 0.05) is 32.7 Å². The van der Waals surface area contributed by atoms with E-state index in [-0.39, 0.29) is 24.0 Å². The van der Waals surface area contributed by atoms with Crippen LogP contribution in [0, 0.1) is 5.92 Å². The van der Waals surface area contributed by atoms with Crippen molar-refractivity contribution >= 4 is 29.9 Å². The van der Waals surface area contributed by atoms with E-state index in [2.05, 4.69) is 50.2 Å². The van der Waals surface area contributed by atoms with Crippen LogP contribution in [0.25, 0.3) is 0 Å². The van der Waals surface area contributed by atoms with Crippen LogP contribution < -0.4 is 10.1 Å². The van der Waals surface area contributed by atoms with Crippen molar-refractivity contribution < 1.29 is 9.47 Å². The van der Waals surface area contributed by atoms with Crippen molar-refractivity contribution in [3.05, 3.63) is 29.8 Å². The Balaban J connectivity index is 0.00000338. The SMILES string of the molecule is CCNC(=NCCOc1ccccc1C(C)C)N(C)CC1CCOC1.I. The molecule has 1 aliphatic rings. The summed E-state index contributed by atoms with van der Waals surface area (Å²) < 4.78 is 11.4. The van der Waals surface area contributed by atoms with Gasteiger partial charge in [-0.2, -0.15) is 0 Å². The maximum atomic E-state index is 5.97. The summed E-state index contributed by atoms with van der Waals surface area (Å²) >= 11 is 0. The lowest BCUT2D eigenvalue weighted by molar-refractivity contribution is 0.181. The number of para-hydroxylation sites is 1. The fourth-order valence-corrected chi connectivity index (χ4v) is 3.07. The molecular formula is C20H34IN3O2. The Kier molecular flexibility index (Phi) is 11.0. The monoisotopic (exact) mass is 475 g/mol. The Morgan fingerprint density at radius 1 is 1.38 bits per heavy atom. The maximum Gasteiger partial charge on any atom is 0.193 e. The molecule has 1 aromatic rings. The normalized spacial score (nSPS) is 17.1. The third-order valence-corrected chi connectivity index (χ3v) is 4.40. The standard InChI is InChI=1S/C20H33N3O2.HI/c1-5-21-20(23(4)14-17-10-12-24-15-17)22-11-13-25-19-9-7-6-8-18(19)16(2)3;/h6-9,16-17H,5,10-15H2,1-4H3,(H,21,22);1H. The second kappa shape index (κ2) is 12.4. The second-order valence-electron chi connectivity index (χ2n) is 6.89. The molecule has 0 amide bonds. The number of hydrogen-bond donors (Lipinski definition) is 1.